The number of nitrogens with zero attached hydrogens (tertiary/aromatic N) is 5. The molecule has 178 valence electrons. The molecule has 0 aromatic carbocycles. The minimum Gasteiger partial charge on any atom is -0.495 e. The molecule has 0 radical (unpaired) electrons. The van der Waals surface area contributed by atoms with Gasteiger partial charge in [0.15, 0.2) is 11.4 Å². The number of thiophene rings is 1. The Balaban J connectivity index is 1.56. The maximum atomic E-state index is 13.3. The fraction of sp³-hybridized carbons (Fsp3) is 0.136. The van der Waals surface area contributed by atoms with E-state index in [9.17, 15) is 9.59 Å². The first kappa shape index (κ1) is 23.0. The molecule has 1 N–H and O–H groups in total. The number of aromatic nitrogens is 5. The first-order chi connectivity index (χ1) is 17.0. The molecule has 0 amide bonds. The van der Waals surface area contributed by atoms with Crippen molar-refractivity contribution in [3.63, 3.8) is 0 Å². The smallest absolute Gasteiger partial charge is 0.309 e. The number of pyridine rings is 1. The van der Waals surface area contributed by atoms with Crippen LogP contribution >= 0.6 is 34.3 Å². The fourth-order valence-corrected chi connectivity index (χ4v) is 4.94. The van der Waals surface area contributed by atoms with Crippen molar-refractivity contribution in [3.8, 4) is 17.0 Å². The third kappa shape index (κ3) is 4.90. The van der Waals surface area contributed by atoms with E-state index in [4.69, 9.17) is 20.8 Å². The van der Waals surface area contributed by atoms with Crippen molar-refractivity contribution in [2.24, 2.45) is 0 Å². The van der Waals surface area contributed by atoms with Crippen molar-refractivity contribution in [1.82, 2.24) is 24.3 Å². The number of halogens is 1. The number of thiazole rings is 1. The van der Waals surface area contributed by atoms with Crippen LogP contribution in [0.3, 0.4) is 0 Å². The van der Waals surface area contributed by atoms with Gasteiger partial charge in [-0.05, 0) is 18.2 Å². The Hall–Kier alpha value is -3.74. The van der Waals surface area contributed by atoms with Gasteiger partial charge in [-0.2, -0.15) is 9.78 Å². The summed E-state index contributed by atoms with van der Waals surface area (Å²) in [4.78, 5) is 35.6. The molecule has 0 bridgehead atoms. The topological polar surface area (TPSA) is 117 Å². The largest absolute Gasteiger partial charge is 0.495 e. The van der Waals surface area contributed by atoms with Crippen molar-refractivity contribution in [2.75, 3.05) is 12.4 Å². The summed E-state index contributed by atoms with van der Waals surface area (Å²) in [5.74, 6) is 0.449. The van der Waals surface area contributed by atoms with Crippen molar-refractivity contribution in [3.05, 3.63) is 85.0 Å². The van der Waals surface area contributed by atoms with Crippen molar-refractivity contribution < 1.29 is 13.9 Å². The van der Waals surface area contributed by atoms with Crippen LogP contribution in [0.5, 0.6) is 5.75 Å². The Labute approximate surface area is 211 Å². The molecule has 5 rings (SSSR count). The van der Waals surface area contributed by atoms with Crippen LogP contribution in [0, 0.1) is 0 Å². The molecule has 0 saturated carbocycles. The van der Waals surface area contributed by atoms with Crippen LogP contribution in [0.15, 0.2) is 63.9 Å². The second-order valence-corrected chi connectivity index (χ2v) is 9.93. The Morgan fingerprint density at radius 2 is 2.17 bits per heavy atom. The van der Waals surface area contributed by atoms with E-state index in [0.29, 0.717) is 33.8 Å². The molecule has 0 atom stereocenters. The molecule has 35 heavy (non-hydrogen) atoms. The molecule has 13 heteroatoms. The number of ether oxygens (including phenoxy) is 1. The number of hydrogen-bond acceptors (Lipinski definition) is 10. The minimum absolute atomic E-state index is 0.183. The van der Waals surface area contributed by atoms with Crippen LogP contribution < -0.4 is 15.6 Å². The van der Waals surface area contributed by atoms with E-state index in [1.807, 2.05) is 6.07 Å². The third-order valence-electron chi connectivity index (χ3n) is 4.98. The van der Waals surface area contributed by atoms with E-state index in [-0.39, 0.29) is 22.7 Å². The zero-order valence-electron chi connectivity index (χ0n) is 18.2. The van der Waals surface area contributed by atoms with Gasteiger partial charge in [-0.25, -0.2) is 9.97 Å². The van der Waals surface area contributed by atoms with Crippen LogP contribution in [-0.4, -0.2) is 37.3 Å². The van der Waals surface area contributed by atoms with Crippen LogP contribution in [0.1, 0.15) is 20.4 Å². The third-order valence-corrected chi connectivity index (χ3v) is 6.97. The monoisotopic (exact) mass is 528 g/mol. The minimum atomic E-state index is -0.413. The molecular formula is C22H17ClN6O4S2. The predicted molar refractivity (Wildman–Crippen MR) is 133 cm³/mol. The van der Waals surface area contributed by atoms with Crippen molar-refractivity contribution in [2.45, 2.75) is 13.1 Å². The normalized spacial score (nSPS) is 11.0. The van der Waals surface area contributed by atoms with E-state index in [0.717, 1.165) is 4.88 Å². The highest BCUT2D eigenvalue weighted by molar-refractivity contribution is 7.16. The summed E-state index contributed by atoms with van der Waals surface area (Å²) in [5, 5.41) is 9.68. The van der Waals surface area contributed by atoms with Gasteiger partial charge >= 0.3 is 5.91 Å². The molecule has 0 fully saturated rings. The van der Waals surface area contributed by atoms with Crippen LogP contribution in [0.2, 0.25) is 4.34 Å². The van der Waals surface area contributed by atoms with Gasteiger partial charge in [0, 0.05) is 28.7 Å². The Kier molecular flexibility index (Phi) is 6.49. The first-order valence-electron chi connectivity index (χ1n) is 10.2. The number of oxazole rings is 1. The molecule has 0 aliphatic heterocycles. The number of rotatable bonds is 8. The number of nitrogens with one attached hydrogen (secondary N) is 1. The lowest BCUT2D eigenvalue weighted by Crippen LogP contribution is -2.22. The van der Waals surface area contributed by atoms with Gasteiger partial charge in [-0.15, -0.1) is 22.7 Å². The SMILES string of the molecule is COc1cc(-c2cc(NCc3ccc(Cl)s3)n(C(=O)c3nccs3)n2)c(=O)n(Cc2cocn2)c1. The van der Waals surface area contributed by atoms with Gasteiger partial charge in [0.25, 0.3) is 5.56 Å². The summed E-state index contributed by atoms with van der Waals surface area (Å²) in [5.41, 5.74) is 0.824. The fourth-order valence-electron chi connectivity index (χ4n) is 3.35. The second-order valence-electron chi connectivity index (χ2n) is 7.23. The molecule has 5 heterocycles. The molecule has 5 aromatic heterocycles. The maximum absolute atomic E-state index is 13.3. The molecule has 0 saturated heterocycles. The maximum Gasteiger partial charge on any atom is 0.309 e. The second kappa shape index (κ2) is 9.86. The van der Waals surface area contributed by atoms with E-state index < -0.39 is 5.91 Å². The molecular weight excluding hydrogens is 512 g/mol. The van der Waals surface area contributed by atoms with E-state index in [1.54, 1.807) is 36.0 Å². The number of anilines is 1. The predicted octanol–water partition coefficient (Wildman–Crippen LogP) is 4.23. The van der Waals surface area contributed by atoms with Gasteiger partial charge in [0.05, 0.1) is 35.8 Å². The lowest BCUT2D eigenvalue weighted by molar-refractivity contribution is 0.0947. The first-order valence-corrected chi connectivity index (χ1v) is 12.3. The molecule has 0 unspecified atom stereocenters. The Bertz CT molecular complexity index is 1520. The highest BCUT2D eigenvalue weighted by Gasteiger charge is 2.21. The lowest BCUT2D eigenvalue weighted by atomic mass is 10.2. The van der Waals surface area contributed by atoms with E-state index in [2.05, 4.69) is 20.4 Å². The molecule has 5 aromatic rings. The van der Waals surface area contributed by atoms with Gasteiger partial charge in [-0.1, -0.05) is 11.6 Å². The van der Waals surface area contributed by atoms with Gasteiger partial charge in [-0.3, -0.25) is 9.59 Å². The summed E-state index contributed by atoms with van der Waals surface area (Å²) in [6.07, 6.45) is 5.89. The van der Waals surface area contributed by atoms with Gasteiger partial charge in [0.1, 0.15) is 23.5 Å². The van der Waals surface area contributed by atoms with Crippen molar-refractivity contribution >= 4 is 46.0 Å². The highest BCUT2D eigenvalue weighted by Crippen LogP contribution is 2.26. The number of methoxy groups -OCH3 is 1. The lowest BCUT2D eigenvalue weighted by Gasteiger charge is -2.09. The number of carbonyl (C=O) groups is 1. The van der Waals surface area contributed by atoms with Crippen LogP contribution in [0.4, 0.5) is 5.82 Å². The summed E-state index contributed by atoms with van der Waals surface area (Å²) >= 11 is 8.67. The zero-order valence-corrected chi connectivity index (χ0v) is 20.6. The zero-order chi connectivity index (χ0) is 24.4. The van der Waals surface area contributed by atoms with E-state index >= 15 is 0 Å². The summed E-state index contributed by atoms with van der Waals surface area (Å²) in [7, 11) is 1.51. The quantitative estimate of drug-likeness (QED) is 0.318. The summed E-state index contributed by atoms with van der Waals surface area (Å²) < 4.78 is 13.7. The number of carbonyl (C=O) groups excluding carboxylic acids is 1. The Morgan fingerprint density at radius 3 is 2.86 bits per heavy atom. The molecule has 0 spiro atoms. The van der Waals surface area contributed by atoms with Crippen LogP contribution in [0.25, 0.3) is 11.3 Å². The average Bonchev–Trinajstić information content (AvgIpc) is 3.66. The summed E-state index contributed by atoms with van der Waals surface area (Å²) in [6.45, 7) is 0.602. The van der Waals surface area contributed by atoms with Gasteiger partial charge in [0.2, 0.25) is 0 Å². The molecule has 0 aliphatic rings. The van der Waals surface area contributed by atoms with Crippen LogP contribution in [-0.2, 0) is 13.1 Å². The number of hydrogen-bond donors (Lipinski definition) is 1. The average molecular weight is 529 g/mol. The van der Waals surface area contributed by atoms with E-state index in [1.165, 1.54) is 51.7 Å². The highest BCUT2D eigenvalue weighted by atomic mass is 35.5. The Morgan fingerprint density at radius 1 is 1.29 bits per heavy atom. The standard InChI is InChI=1S/C22H17ClN6O4S2/c1-32-14-6-16(21(30)28(10-14)9-13-11-33-12-26-13)17-7-19(25-8-15-2-3-18(23)35-15)29(27-17)22(31)20-24-4-5-34-20/h2-7,10-12,25H,8-9H2,1H3. The molecule has 0 aliphatic carbocycles. The summed E-state index contributed by atoms with van der Waals surface area (Å²) in [6, 6.07) is 6.94. The van der Waals surface area contributed by atoms with Crippen molar-refractivity contribution in [1.29, 1.82) is 0 Å². The van der Waals surface area contributed by atoms with Gasteiger partial charge < -0.3 is 19.0 Å². The molecule has 10 nitrogen and oxygen atoms in total.